The molecule has 4 rings (SSSR count). The number of aryl methyl sites for hydroxylation is 1. The molecule has 4 N–H and O–H groups in total. The normalized spacial score (nSPS) is 15.9. The first kappa shape index (κ1) is 27.6. The van der Waals surface area contributed by atoms with Gasteiger partial charge >= 0.3 is 0 Å². The Morgan fingerprint density at radius 3 is 2.45 bits per heavy atom. The van der Waals surface area contributed by atoms with Gasteiger partial charge in [-0.05, 0) is 105 Å². The van der Waals surface area contributed by atoms with Gasteiger partial charge in [0, 0.05) is 23.3 Å². The van der Waals surface area contributed by atoms with E-state index in [1.165, 1.54) is 17.2 Å². The van der Waals surface area contributed by atoms with Crippen molar-refractivity contribution < 1.29 is 23.7 Å². The summed E-state index contributed by atoms with van der Waals surface area (Å²) in [5.74, 6) is 1.75. The maximum atomic E-state index is 14.7. The average molecular weight is 523 g/mol. The molecule has 0 amide bonds. The summed E-state index contributed by atoms with van der Waals surface area (Å²) in [6, 6.07) is 14.8. The predicted octanol–water partition coefficient (Wildman–Crippen LogP) is 5.98. The number of phenolic OH excluding ortho intramolecular Hbond substituents is 1. The van der Waals surface area contributed by atoms with Crippen LogP contribution in [0.3, 0.4) is 0 Å². The van der Waals surface area contributed by atoms with Gasteiger partial charge in [-0.25, -0.2) is 4.39 Å². The Kier molecular flexibility index (Phi) is 8.36. The highest BCUT2D eigenvalue weighted by atomic mass is 19.1. The van der Waals surface area contributed by atoms with Gasteiger partial charge in [0.1, 0.15) is 12.4 Å². The fourth-order valence-electron chi connectivity index (χ4n) is 5.09. The van der Waals surface area contributed by atoms with E-state index in [0.717, 1.165) is 36.1 Å². The third kappa shape index (κ3) is 6.70. The molecule has 0 heterocycles. The maximum absolute atomic E-state index is 14.7. The minimum atomic E-state index is -0.539. The number of benzene rings is 3. The lowest BCUT2D eigenvalue weighted by atomic mass is 9.79. The van der Waals surface area contributed by atoms with Gasteiger partial charge in [-0.1, -0.05) is 12.1 Å². The van der Waals surface area contributed by atoms with Gasteiger partial charge in [-0.2, -0.15) is 0 Å². The lowest BCUT2D eigenvalue weighted by Crippen LogP contribution is -2.38. The van der Waals surface area contributed by atoms with Crippen LogP contribution in [0.2, 0.25) is 0 Å². The number of nitrogens with two attached hydrogens (primary N) is 1. The molecule has 0 fully saturated rings. The van der Waals surface area contributed by atoms with Crippen LogP contribution < -0.4 is 25.3 Å². The van der Waals surface area contributed by atoms with E-state index in [1.807, 2.05) is 38.1 Å². The Morgan fingerprint density at radius 2 is 1.76 bits per heavy atom. The van der Waals surface area contributed by atoms with Crippen LogP contribution in [0.1, 0.15) is 55.4 Å². The van der Waals surface area contributed by atoms with Crippen LogP contribution >= 0.6 is 0 Å². The first-order chi connectivity index (χ1) is 18.1. The van der Waals surface area contributed by atoms with E-state index < -0.39 is 11.4 Å². The third-order valence-electron chi connectivity index (χ3n) is 6.95. The summed E-state index contributed by atoms with van der Waals surface area (Å²) in [7, 11) is 3.28. The summed E-state index contributed by atoms with van der Waals surface area (Å²) < 4.78 is 31.5. The van der Waals surface area contributed by atoms with Crippen molar-refractivity contribution in [3.8, 4) is 23.0 Å². The molecule has 0 saturated heterocycles. The van der Waals surface area contributed by atoms with Crippen molar-refractivity contribution in [3.63, 3.8) is 0 Å². The van der Waals surface area contributed by atoms with Gasteiger partial charge in [0.05, 0.1) is 14.2 Å². The molecule has 0 bridgehead atoms. The zero-order valence-corrected chi connectivity index (χ0v) is 22.9. The summed E-state index contributed by atoms with van der Waals surface area (Å²) in [6.45, 7) is 5.99. The number of hydrogen-bond donors (Lipinski definition) is 3. The number of halogens is 1. The fraction of sp³-hybridized carbons (Fsp3) is 0.419. The molecular weight excluding hydrogens is 483 g/mol. The summed E-state index contributed by atoms with van der Waals surface area (Å²) >= 11 is 0. The highest BCUT2D eigenvalue weighted by Gasteiger charge is 2.25. The lowest BCUT2D eigenvalue weighted by Gasteiger charge is -2.29. The number of ether oxygens (including phenoxy) is 3. The molecule has 1 aliphatic rings. The number of anilines is 1. The molecule has 2 unspecified atom stereocenters. The number of phenols is 1. The monoisotopic (exact) mass is 522 g/mol. The third-order valence-corrected chi connectivity index (χ3v) is 6.95. The first-order valence-corrected chi connectivity index (χ1v) is 13.1. The van der Waals surface area contributed by atoms with Crippen LogP contribution in [0.4, 0.5) is 10.1 Å². The largest absolute Gasteiger partial charge is 0.508 e. The van der Waals surface area contributed by atoms with E-state index >= 15 is 0 Å². The summed E-state index contributed by atoms with van der Waals surface area (Å²) in [4.78, 5) is 0. The van der Waals surface area contributed by atoms with Gasteiger partial charge in [-0.3, -0.25) is 0 Å². The maximum Gasteiger partial charge on any atom is 0.165 e. The quantitative estimate of drug-likeness (QED) is 0.304. The molecule has 1 aliphatic carbocycles. The molecule has 204 valence electrons. The molecule has 2 atom stereocenters. The molecule has 0 aliphatic heterocycles. The summed E-state index contributed by atoms with van der Waals surface area (Å²) in [5, 5.41) is 13.5. The second-order valence-corrected chi connectivity index (χ2v) is 11.0. The van der Waals surface area contributed by atoms with E-state index in [1.54, 1.807) is 26.4 Å². The van der Waals surface area contributed by atoms with Crippen molar-refractivity contribution in [2.45, 2.75) is 64.0 Å². The molecular formula is C31H39FN2O4. The number of nitrogens with one attached hydrogen (secondary N) is 1. The lowest BCUT2D eigenvalue weighted by molar-refractivity contribution is 0.234. The van der Waals surface area contributed by atoms with E-state index in [-0.39, 0.29) is 24.3 Å². The van der Waals surface area contributed by atoms with Gasteiger partial charge in [0.15, 0.2) is 23.1 Å². The summed E-state index contributed by atoms with van der Waals surface area (Å²) in [5.41, 5.74) is 10.9. The number of rotatable bonds is 10. The van der Waals surface area contributed by atoms with E-state index in [4.69, 9.17) is 19.9 Å². The van der Waals surface area contributed by atoms with Gasteiger partial charge in [-0.15, -0.1) is 0 Å². The minimum Gasteiger partial charge on any atom is -0.508 e. The molecule has 7 heteroatoms. The standard InChI is InChI=1S/C31H39FN2O4/c1-19(12-20-6-11-28(26(32)13-20)38-18-31(2,3)33)34-27-17-30(37-5)29(36-4)16-25(27)23-8-7-22-15-24(35)10-9-21(22)14-23/h6,9-11,13,15-17,19,23,34-35H,7-8,12,14,18,33H2,1-5H3. The zero-order chi connectivity index (χ0) is 27.4. The Labute approximate surface area is 224 Å². The van der Waals surface area contributed by atoms with Gasteiger partial charge in [0.25, 0.3) is 0 Å². The second kappa shape index (κ2) is 11.5. The average Bonchev–Trinajstić information content (AvgIpc) is 2.87. The predicted molar refractivity (Wildman–Crippen MR) is 149 cm³/mol. The smallest absolute Gasteiger partial charge is 0.165 e. The topological polar surface area (TPSA) is 86.0 Å². The van der Waals surface area contributed by atoms with Gasteiger partial charge in [0.2, 0.25) is 0 Å². The van der Waals surface area contributed by atoms with Crippen LogP contribution in [0.5, 0.6) is 23.0 Å². The molecule has 3 aromatic rings. The molecule has 0 radical (unpaired) electrons. The van der Waals surface area contributed by atoms with E-state index in [2.05, 4.69) is 18.3 Å². The molecule has 38 heavy (non-hydrogen) atoms. The van der Waals surface area contributed by atoms with Crippen molar-refractivity contribution in [3.05, 3.63) is 76.6 Å². The molecule has 0 aromatic heterocycles. The van der Waals surface area contributed by atoms with E-state index in [0.29, 0.717) is 23.7 Å². The highest BCUT2D eigenvalue weighted by Crippen LogP contribution is 2.42. The molecule has 0 saturated carbocycles. The van der Waals surface area contributed by atoms with Crippen molar-refractivity contribution in [2.24, 2.45) is 5.73 Å². The Bertz CT molecular complexity index is 1270. The van der Waals surface area contributed by atoms with E-state index in [9.17, 15) is 9.50 Å². The van der Waals surface area contributed by atoms with Crippen LogP contribution in [0, 0.1) is 5.82 Å². The van der Waals surface area contributed by atoms with Crippen molar-refractivity contribution in [2.75, 3.05) is 26.1 Å². The van der Waals surface area contributed by atoms with Crippen molar-refractivity contribution in [1.82, 2.24) is 0 Å². The number of hydrogen-bond acceptors (Lipinski definition) is 6. The Balaban J connectivity index is 1.54. The number of methoxy groups -OCH3 is 2. The van der Waals surface area contributed by atoms with Crippen LogP contribution in [-0.2, 0) is 19.3 Å². The second-order valence-electron chi connectivity index (χ2n) is 11.0. The first-order valence-electron chi connectivity index (χ1n) is 13.1. The Hall–Kier alpha value is -3.45. The van der Waals surface area contributed by atoms with Crippen LogP contribution in [-0.4, -0.2) is 37.5 Å². The molecule has 6 nitrogen and oxygen atoms in total. The zero-order valence-electron chi connectivity index (χ0n) is 22.9. The number of fused-ring (bicyclic) bond motifs is 1. The highest BCUT2D eigenvalue weighted by molar-refractivity contribution is 5.63. The van der Waals surface area contributed by atoms with Crippen molar-refractivity contribution in [1.29, 1.82) is 0 Å². The summed E-state index contributed by atoms with van der Waals surface area (Å²) in [6.07, 6.45) is 3.36. The SMILES string of the molecule is COc1cc(NC(C)Cc2ccc(OCC(C)(C)N)c(F)c2)c(C2CCc3cc(O)ccc3C2)cc1OC. The number of aromatic hydroxyl groups is 1. The Morgan fingerprint density at radius 1 is 1.03 bits per heavy atom. The van der Waals surface area contributed by atoms with Gasteiger partial charge < -0.3 is 30.4 Å². The molecule has 0 spiro atoms. The van der Waals surface area contributed by atoms with Crippen molar-refractivity contribution >= 4 is 5.69 Å². The molecule has 3 aromatic carbocycles. The van der Waals surface area contributed by atoms with Crippen LogP contribution in [0.25, 0.3) is 0 Å². The van der Waals surface area contributed by atoms with Crippen LogP contribution in [0.15, 0.2) is 48.5 Å². The minimum absolute atomic E-state index is 0.0221. The fourth-order valence-corrected chi connectivity index (χ4v) is 5.09.